The summed E-state index contributed by atoms with van der Waals surface area (Å²) in [5.74, 6) is 0. The number of aryl methyl sites for hydroxylation is 4. The quantitative estimate of drug-likeness (QED) is 0.0358. The molecule has 0 bridgehead atoms. The van der Waals surface area contributed by atoms with E-state index in [0.29, 0.717) is 0 Å². The van der Waals surface area contributed by atoms with E-state index in [4.69, 9.17) is 0 Å². The summed E-state index contributed by atoms with van der Waals surface area (Å²) in [5.41, 5.74) is 29.9. The summed E-state index contributed by atoms with van der Waals surface area (Å²) in [7, 11) is 0. The molecule has 542 valence electrons. The van der Waals surface area contributed by atoms with Gasteiger partial charge in [0.2, 0.25) is 11.4 Å². The van der Waals surface area contributed by atoms with Crippen molar-refractivity contribution in [2.45, 2.75) is 477 Å². The van der Waals surface area contributed by atoms with Gasteiger partial charge in [-0.25, -0.2) is 4.70 Å². The maximum absolute atomic E-state index is 12.9. The molecule has 0 radical (unpaired) electrons. The summed E-state index contributed by atoms with van der Waals surface area (Å²) in [6, 6.07) is 10.1. The van der Waals surface area contributed by atoms with Gasteiger partial charge >= 0.3 is 169 Å². The molecule has 0 aliphatic carbocycles. The first kappa shape index (κ1) is 87.3. The van der Waals surface area contributed by atoms with Crippen molar-refractivity contribution in [3.05, 3.63) is 85.5 Å². The van der Waals surface area contributed by atoms with Gasteiger partial charge in [-0.3, -0.25) is 0 Å². The van der Waals surface area contributed by atoms with Gasteiger partial charge in [-0.1, -0.05) is 223 Å². The smallest absolute Gasteiger partial charge is 0.0654 e. The monoisotopic (exact) mass is 1380 g/mol. The van der Waals surface area contributed by atoms with Gasteiger partial charge in [0.15, 0.2) is 0 Å². The molecule has 1 heterocycles. The molecule has 0 unspecified atom stereocenters. The van der Waals surface area contributed by atoms with Crippen LogP contribution < -0.4 is 0 Å². The van der Waals surface area contributed by atoms with E-state index in [9.17, 15) is 5.53 Å². The van der Waals surface area contributed by atoms with Gasteiger partial charge in [0.05, 0.1) is 0 Å². The molecule has 0 spiro atoms. The minimum Gasteiger partial charge on any atom is -0.0654 e. The molecule has 3 rings (SSSR count). The molecule has 3 heteroatoms. The summed E-state index contributed by atoms with van der Waals surface area (Å²) in [5, 5.41) is 0. The van der Waals surface area contributed by atoms with Crippen molar-refractivity contribution in [2.24, 2.45) is 0 Å². The van der Waals surface area contributed by atoms with E-state index >= 15 is 0 Å². The molecular weight excluding hydrogens is 1220 g/mol. The van der Waals surface area contributed by atoms with E-state index < -0.39 is 0 Å². The van der Waals surface area contributed by atoms with Crippen LogP contribution in [-0.2, 0) is 56.5 Å². The van der Waals surface area contributed by atoms with Crippen molar-refractivity contribution in [3.63, 3.8) is 0 Å². The Balaban J connectivity index is 0.000000670. The van der Waals surface area contributed by atoms with Crippen LogP contribution in [0.2, 0.25) is 9.79 Å². The summed E-state index contributed by atoms with van der Waals surface area (Å²) in [4.78, 5) is 3.09. The minimum atomic E-state index is 1.05. The molecule has 0 fully saturated rings. The number of allylic oxidation sites excluding steroid dienone is 2. The third-order valence-corrected chi connectivity index (χ3v) is 22.9. The zero-order valence-corrected chi connectivity index (χ0v) is 66.3. The third kappa shape index (κ3) is 41.4. The molecule has 0 aromatic heterocycles. The van der Waals surface area contributed by atoms with Gasteiger partial charge < -0.3 is 5.53 Å². The van der Waals surface area contributed by atoms with E-state index in [-0.39, 0.29) is 0 Å². The zero-order valence-electron chi connectivity index (χ0n) is 64.8. The van der Waals surface area contributed by atoms with Crippen LogP contribution in [0.1, 0.15) is 473 Å². The Hall–Kier alpha value is -1.82. The summed E-state index contributed by atoms with van der Waals surface area (Å²) in [6.45, 7) is 23.2. The molecule has 1 aliphatic rings. The molecule has 0 saturated carbocycles. The number of rotatable bonds is 66. The van der Waals surface area contributed by atoms with Crippen molar-refractivity contribution in [1.29, 1.82) is 0 Å². The number of hydrogen-bond acceptors (Lipinski definition) is 0. The second-order valence-corrected chi connectivity index (χ2v) is 31.9. The standard InChI is InChI=1S/C52H84N2.2C19H39.Pd/c1-9-17-25-27-35-49-50(36-28-26-18-10-2)52(46-39-43(31-21-13-5)48(34-24-16-8)44(40-46)32-22-14-6)54(53)51(49)45-37-41(29-19-11-3)47(33-23-15-7)42(38-45)30-20-12-4;2*1-3-5-7-9-11-13-15-17-19-18-16-14-12-10-8-6-4-2;/h37-40H,9-36H2,1-8H3;2*1,3-19H2,2H3;. The molecule has 2 aromatic carbocycles. The molecular formula is C90H162N2Pd. The van der Waals surface area contributed by atoms with Crippen LogP contribution in [-0.4, -0.2) is 4.70 Å². The van der Waals surface area contributed by atoms with Gasteiger partial charge in [0.1, 0.15) is 0 Å². The van der Waals surface area contributed by atoms with E-state index in [1.54, 1.807) is 47.9 Å². The topological polar surface area (TPSA) is 25.3 Å². The Morgan fingerprint density at radius 2 is 0.419 bits per heavy atom. The van der Waals surface area contributed by atoms with Crippen LogP contribution >= 0.6 is 0 Å². The first-order chi connectivity index (χ1) is 45.8. The van der Waals surface area contributed by atoms with Gasteiger partial charge in [-0.2, -0.15) is 0 Å². The second kappa shape index (κ2) is 63.6. The van der Waals surface area contributed by atoms with Crippen LogP contribution in [0.3, 0.4) is 0 Å². The normalized spacial score (nSPS) is 12.6. The second-order valence-electron chi connectivity index (χ2n) is 29.5. The van der Waals surface area contributed by atoms with Gasteiger partial charge in [0.25, 0.3) is 0 Å². The van der Waals surface area contributed by atoms with Crippen LogP contribution in [0.4, 0.5) is 0 Å². The predicted octanol–water partition coefficient (Wildman–Crippen LogP) is 32.1. The van der Waals surface area contributed by atoms with E-state index in [2.05, 4.69) is 93.5 Å². The first-order valence-corrected chi connectivity index (χ1v) is 44.8. The zero-order chi connectivity index (χ0) is 67.3. The third-order valence-electron chi connectivity index (χ3n) is 20.8. The fourth-order valence-electron chi connectivity index (χ4n) is 14.7. The van der Waals surface area contributed by atoms with Gasteiger partial charge in [-0.05, 0) is 160 Å². The average molecular weight is 1380 g/mol. The van der Waals surface area contributed by atoms with E-state index in [1.807, 2.05) is 0 Å². The average Bonchev–Trinajstić information content (AvgIpc) is 1.62. The number of unbranched alkanes of at least 4 members (excludes halogenated alkanes) is 44. The van der Waals surface area contributed by atoms with Crippen molar-refractivity contribution in [3.8, 4) is 0 Å². The minimum absolute atomic E-state index is 1.05. The Kier molecular flexibility index (Phi) is 59.7. The van der Waals surface area contributed by atoms with Gasteiger partial charge in [-0.15, -0.1) is 0 Å². The maximum atomic E-state index is 12.9. The number of hydrogen-bond donors (Lipinski definition) is 0. The molecule has 0 N–H and O–H groups in total. The molecule has 2 aromatic rings. The summed E-state index contributed by atoms with van der Waals surface area (Å²) >= 11 is 1.06. The van der Waals surface area contributed by atoms with Crippen LogP contribution in [0.5, 0.6) is 0 Å². The van der Waals surface area contributed by atoms with Crippen LogP contribution in [0, 0.1) is 0 Å². The molecule has 2 nitrogen and oxygen atoms in total. The van der Waals surface area contributed by atoms with Crippen molar-refractivity contribution >= 4 is 11.4 Å². The number of nitrogens with zero attached hydrogens (tertiary/aromatic N) is 2. The Bertz CT molecular complexity index is 1900. The van der Waals surface area contributed by atoms with E-state index in [1.165, 1.54) is 382 Å². The van der Waals surface area contributed by atoms with Crippen molar-refractivity contribution in [1.82, 2.24) is 0 Å². The molecule has 93 heavy (non-hydrogen) atoms. The first-order valence-electron chi connectivity index (χ1n) is 42.6. The molecule has 0 atom stereocenters. The van der Waals surface area contributed by atoms with Crippen LogP contribution in [0.25, 0.3) is 16.9 Å². The number of benzene rings is 2. The summed E-state index contributed by atoms with van der Waals surface area (Å²) in [6.07, 6.45) is 84.1. The SMILES string of the molecule is CCCCCCC1=C(c2cc(CCCC)c(CCCC)c(CCCC)c2)[N+](=[N-])C(c2cc(CCCC)c(CCCC)c(CCCC)c2)=C1CCCCCC.CCCCCCCCCCCCCCCCCC[CH2][Pd][CH2]CCCCCCCCCCCCCCCCCC. The summed E-state index contributed by atoms with van der Waals surface area (Å²) < 4.78 is 1.73. The Morgan fingerprint density at radius 1 is 0.226 bits per heavy atom. The fourth-order valence-corrected chi connectivity index (χ4v) is 16.6. The molecule has 1 aliphatic heterocycles. The molecule has 0 saturated heterocycles. The van der Waals surface area contributed by atoms with Crippen molar-refractivity contribution < 1.29 is 22.7 Å². The molecule has 0 amide bonds. The fraction of sp³-hybridized carbons (Fsp3) is 0.822. The van der Waals surface area contributed by atoms with Crippen LogP contribution in [0.15, 0.2) is 35.4 Å². The Morgan fingerprint density at radius 3 is 0.645 bits per heavy atom. The predicted molar refractivity (Wildman–Crippen MR) is 417 cm³/mol. The Labute approximate surface area is 592 Å². The van der Waals surface area contributed by atoms with Crippen molar-refractivity contribution in [2.75, 3.05) is 0 Å². The van der Waals surface area contributed by atoms with E-state index in [0.717, 1.165) is 67.9 Å². The van der Waals surface area contributed by atoms with Gasteiger partial charge in [0, 0.05) is 22.3 Å².